The topological polar surface area (TPSA) is 58.6 Å². The molecule has 5 heteroatoms. The van der Waals surface area contributed by atoms with Crippen LogP contribution in [-0.4, -0.2) is 48.6 Å². The molecule has 86 valence electrons. The van der Waals surface area contributed by atoms with E-state index in [0.29, 0.717) is 19.8 Å². The van der Waals surface area contributed by atoms with E-state index in [-0.39, 0.29) is 18.4 Å². The Labute approximate surface area is 89.8 Å². The smallest absolute Gasteiger partial charge is 0.248 e. The van der Waals surface area contributed by atoms with Gasteiger partial charge in [0.25, 0.3) is 0 Å². The van der Waals surface area contributed by atoms with Crippen molar-refractivity contribution in [3.63, 3.8) is 0 Å². The largest absolute Gasteiger partial charge is 0.380 e. The molecule has 0 atom stereocenters. The van der Waals surface area contributed by atoms with Gasteiger partial charge in [-0.15, -0.1) is 0 Å². The Morgan fingerprint density at radius 1 is 1.47 bits per heavy atom. The van der Waals surface area contributed by atoms with Gasteiger partial charge in [0, 0.05) is 13.2 Å². The summed E-state index contributed by atoms with van der Waals surface area (Å²) >= 11 is 0. The molecular weight excluding hydrogens is 196 g/mol. The Morgan fingerprint density at radius 2 is 2.13 bits per heavy atom. The Bertz CT molecular complexity index is 263. The molecule has 0 aromatic carbocycles. The van der Waals surface area contributed by atoms with Gasteiger partial charge < -0.3 is 15.0 Å². The lowest BCUT2D eigenvalue weighted by Crippen LogP contribution is -2.64. The molecule has 0 bridgehead atoms. The minimum Gasteiger partial charge on any atom is -0.380 e. The van der Waals surface area contributed by atoms with E-state index in [1.165, 1.54) is 4.90 Å². The van der Waals surface area contributed by atoms with E-state index in [1.54, 1.807) is 13.8 Å². The number of hydrogen-bond donors (Lipinski definition) is 1. The fourth-order valence-corrected chi connectivity index (χ4v) is 1.58. The maximum absolute atomic E-state index is 11.8. The van der Waals surface area contributed by atoms with Crippen LogP contribution in [0.1, 0.15) is 20.8 Å². The van der Waals surface area contributed by atoms with Crippen molar-refractivity contribution >= 4 is 11.8 Å². The fourth-order valence-electron chi connectivity index (χ4n) is 1.58. The van der Waals surface area contributed by atoms with Crippen molar-refractivity contribution in [1.29, 1.82) is 0 Å². The highest BCUT2D eigenvalue weighted by Crippen LogP contribution is 2.12. The first-order valence-electron chi connectivity index (χ1n) is 5.15. The Morgan fingerprint density at radius 3 is 2.73 bits per heavy atom. The zero-order valence-corrected chi connectivity index (χ0v) is 9.50. The van der Waals surface area contributed by atoms with Crippen LogP contribution in [0.15, 0.2) is 0 Å². The van der Waals surface area contributed by atoms with Crippen molar-refractivity contribution < 1.29 is 14.3 Å². The third kappa shape index (κ3) is 2.92. The predicted octanol–water partition coefficient (Wildman–Crippen LogP) is -0.240. The molecule has 0 aromatic heterocycles. The second kappa shape index (κ2) is 4.61. The molecule has 1 fully saturated rings. The molecule has 0 aromatic rings. The number of carbonyl (C=O) groups is 2. The number of piperazine rings is 1. The molecule has 1 rings (SSSR count). The molecule has 5 nitrogen and oxygen atoms in total. The van der Waals surface area contributed by atoms with Gasteiger partial charge in [-0.25, -0.2) is 0 Å². The second-order valence-corrected chi connectivity index (χ2v) is 4.10. The highest BCUT2D eigenvalue weighted by molar-refractivity contribution is 5.97. The first kappa shape index (κ1) is 12.0. The average Bonchev–Trinajstić information content (AvgIpc) is 2.13. The van der Waals surface area contributed by atoms with Gasteiger partial charge in [0.1, 0.15) is 5.54 Å². The molecule has 0 spiro atoms. The van der Waals surface area contributed by atoms with E-state index in [9.17, 15) is 9.59 Å². The molecule has 15 heavy (non-hydrogen) atoms. The van der Waals surface area contributed by atoms with E-state index in [0.717, 1.165) is 0 Å². The molecule has 2 amide bonds. The van der Waals surface area contributed by atoms with Crippen LogP contribution < -0.4 is 5.32 Å². The molecule has 0 radical (unpaired) electrons. The summed E-state index contributed by atoms with van der Waals surface area (Å²) in [7, 11) is 0. The highest BCUT2D eigenvalue weighted by Gasteiger charge is 2.38. The molecule has 1 N–H and O–H groups in total. The van der Waals surface area contributed by atoms with Gasteiger partial charge in [0.15, 0.2) is 0 Å². The van der Waals surface area contributed by atoms with Gasteiger partial charge in [0.05, 0.1) is 13.2 Å². The van der Waals surface area contributed by atoms with Crippen LogP contribution in [0.3, 0.4) is 0 Å². The van der Waals surface area contributed by atoms with Crippen LogP contribution in [0.2, 0.25) is 0 Å². The van der Waals surface area contributed by atoms with Crippen LogP contribution in [0, 0.1) is 0 Å². The number of carbonyl (C=O) groups excluding carboxylic acids is 2. The zero-order valence-electron chi connectivity index (χ0n) is 9.50. The lowest BCUT2D eigenvalue weighted by atomic mass is 10.0. The first-order valence-corrected chi connectivity index (χ1v) is 5.15. The van der Waals surface area contributed by atoms with Crippen molar-refractivity contribution in [3.05, 3.63) is 0 Å². The van der Waals surface area contributed by atoms with Crippen molar-refractivity contribution in [3.8, 4) is 0 Å². The van der Waals surface area contributed by atoms with Crippen LogP contribution in [0.4, 0.5) is 0 Å². The highest BCUT2D eigenvalue weighted by atomic mass is 16.5. The summed E-state index contributed by atoms with van der Waals surface area (Å²) in [5.41, 5.74) is -0.790. The third-order valence-corrected chi connectivity index (χ3v) is 2.32. The molecule has 0 aliphatic carbocycles. The van der Waals surface area contributed by atoms with E-state index in [4.69, 9.17) is 4.74 Å². The summed E-state index contributed by atoms with van der Waals surface area (Å²) in [5.74, 6) is -0.169. The van der Waals surface area contributed by atoms with Crippen LogP contribution in [0.5, 0.6) is 0 Å². The normalized spacial score (nSPS) is 20.3. The summed E-state index contributed by atoms with van der Waals surface area (Å²) in [6.07, 6.45) is 0. The van der Waals surface area contributed by atoms with Crippen molar-refractivity contribution in [1.82, 2.24) is 10.2 Å². The minimum absolute atomic E-state index is 0.0539. The molecule has 1 saturated heterocycles. The van der Waals surface area contributed by atoms with Crippen LogP contribution >= 0.6 is 0 Å². The summed E-state index contributed by atoms with van der Waals surface area (Å²) in [5, 5.41) is 2.65. The van der Waals surface area contributed by atoms with E-state index < -0.39 is 5.54 Å². The number of rotatable bonds is 4. The van der Waals surface area contributed by atoms with Crippen LogP contribution in [-0.2, 0) is 14.3 Å². The maximum atomic E-state index is 11.8. The standard InChI is InChI=1S/C10H18N2O3/c1-4-15-6-5-12-7-8(13)11-10(2,3)9(12)14/h4-7H2,1-3H3,(H,11,13). The number of hydrogen-bond acceptors (Lipinski definition) is 3. The molecule has 1 aliphatic heterocycles. The van der Waals surface area contributed by atoms with Gasteiger partial charge >= 0.3 is 0 Å². The Kier molecular flexibility index (Phi) is 3.68. The monoisotopic (exact) mass is 214 g/mol. The zero-order chi connectivity index (χ0) is 11.5. The molecule has 0 saturated carbocycles. The van der Waals surface area contributed by atoms with Gasteiger partial charge in [-0.2, -0.15) is 0 Å². The van der Waals surface area contributed by atoms with Crippen molar-refractivity contribution in [2.24, 2.45) is 0 Å². The molecule has 0 unspecified atom stereocenters. The van der Waals surface area contributed by atoms with Crippen molar-refractivity contribution in [2.45, 2.75) is 26.3 Å². The second-order valence-electron chi connectivity index (χ2n) is 4.10. The van der Waals surface area contributed by atoms with Gasteiger partial charge in [-0.1, -0.05) is 0 Å². The lowest BCUT2D eigenvalue weighted by molar-refractivity contribution is -0.149. The minimum atomic E-state index is -0.790. The SMILES string of the molecule is CCOCCN1CC(=O)NC(C)(C)C1=O. The number of nitrogens with one attached hydrogen (secondary N) is 1. The summed E-state index contributed by atoms with van der Waals surface area (Å²) < 4.78 is 5.16. The van der Waals surface area contributed by atoms with E-state index in [2.05, 4.69) is 5.32 Å². The summed E-state index contributed by atoms with van der Waals surface area (Å²) in [6.45, 7) is 7.02. The average molecular weight is 214 g/mol. The number of nitrogens with zero attached hydrogens (tertiary/aromatic N) is 1. The van der Waals surface area contributed by atoms with Gasteiger partial charge in [0.2, 0.25) is 11.8 Å². The number of amides is 2. The van der Waals surface area contributed by atoms with Crippen LogP contribution in [0.25, 0.3) is 0 Å². The van der Waals surface area contributed by atoms with E-state index in [1.807, 2.05) is 6.92 Å². The number of ether oxygens (including phenoxy) is 1. The fraction of sp³-hybridized carbons (Fsp3) is 0.800. The third-order valence-electron chi connectivity index (χ3n) is 2.32. The van der Waals surface area contributed by atoms with Crippen molar-refractivity contribution in [2.75, 3.05) is 26.3 Å². The van der Waals surface area contributed by atoms with Gasteiger partial charge in [-0.05, 0) is 20.8 Å². The maximum Gasteiger partial charge on any atom is 0.248 e. The summed E-state index contributed by atoms with van der Waals surface area (Å²) in [4.78, 5) is 24.7. The quantitative estimate of drug-likeness (QED) is 0.657. The molecular formula is C10H18N2O3. The molecule has 1 aliphatic rings. The Hall–Kier alpha value is -1.10. The summed E-state index contributed by atoms with van der Waals surface area (Å²) in [6, 6.07) is 0. The van der Waals surface area contributed by atoms with Gasteiger partial charge in [-0.3, -0.25) is 9.59 Å². The predicted molar refractivity (Wildman–Crippen MR) is 55.3 cm³/mol. The van der Waals surface area contributed by atoms with E-state index >= 15 is 0 Å². The first-order chi connectivity index (χ1) is 6.97. The lowest BCUT2D eigenvalue weighted by Gasteiger charge is -2.37. The molecule has 1 heterocycles. The Balaban J connectivity index is 2.55.